The highest BCUT2D eigenvalue weighted by Gasteiger charge is 2.22. The standard InChI is InChI=1S/C15H20N2O2/c1-12-5-7-14(8-6-12)17(13(2)18)11-15(19)16-9-3-4-10-16/h5-8H,3-4,9-11H2,1-2H3. The molecule has 1 fully saturated rings. The second-order valence-electron chi connectivity index (χ2n) is 5.03. The van der Waals surface area contributed by atoms with E-state index in [-0.39, 0.29) is 18.4 Å². The number of nitrogens with zero attached hydrogens (tertiary/aromatic N) is 2. The fourth-order valence-electron chi connectivity index (χ4n) is 2.31. The van der Waals surface area contributed by atoms with E-state index in [1.54, 1.807) is 4.90 Å². The Labute approximate surface area is 114 Å². The van der Waals surface area contributed by atoms with Gasteiger partial charge in [0, 0.05) is 25.7 Å². The number of likely N-dealkylation sites (tertiary alicyclic amines) is 1. The largest absolute Gasteiger partial charge is 0.341 e. The predicted octanol–water partition coefficient (Wildman–Crippen LogP) is 1.97. The van der Waals surface area contributed by atoms with Crippen LogP contribution in [0.5, 0.6) is 0 Å². The van der Waals surface area contributed by atoms with Gasteiger partial charge in [-0.15, -0.1) is 0 Å². The van der Waals surface area contributed by atoms with Crippen LogP contribution in [-0.2, 0) is 9.59 Å². The Hall–Kier alpha value is -1.84. The van der Waals surface area contributed by atoms with Crippen LogP contribution in [-0.4, -0.2) is 36.3 Å². The number of hydrogen-bond donors (Lipinski definition) is 0. The molecular weight excluding hydrogens is 240 g/mol. The number of hydrogen-bond acceptors (Lipinski definition) is 2. The molecule has 4 nitrogen and oxygen atoms in total. The van der Waals surface area contributed by atoms with Crippen LogP contribution in [0.2, 0.25) is 0 Å². The molecule has 1 heterocycles. The molecule has 0 N–H and O–H groups in total. The normalized spacial score (nSPS) is 14.5. The molecule has 1 aliphatic heterocycles. The maximum atomic E-state index is 12.1. The lowest BCUT2D eigenvalue weighted by atomic mass is 10.2. The summed E-state index contributed by atoms with van der Waals surface area (Å²) in [6.45, 7) is 5.27. The van der Waals surface area contributed by atoms with Gasteiger partial charge in [-0.3, -0.25) is 9.59 Å². The summed E-state index contributed by atoms with van der Waals surface area (Å²) in [7, 11) is 0. The third-order valence-electron chi connectivity index (χ3n) is 3.48. The van der Waals surface area contributed by atoms with Crippen molar-refractivity contribution in [2.24, 2.45) is 0 Å². The molecule has 19 heavy (non-hydrogen) atoms. The number of rotatable bonds is 3. The Morgan fingerprint density at radius 2 is 1.74 bits per heavy atom. The zero-order chi connectivity index (χ0) is 13.8. The van der Waals surface area contributed by atoms with Crippen molar-refractivity contribution in [1.82, 2.24) is 4.90 Å². The Balaban J connectivity index is 2.09. The third kappa shape index (κ3) is 3.34. The maximum absolute atomic E-state index is 12.1. The number of aryl methyl sites for hydroxylation is 1. The number of benzene rings is 1. The molecule has 0 spiro atoms. The van der Waals surface area contributed by atoms with E-state index in [1.807, 2.05) is 36.1 Å². The van der Waals surface area contributed by atoms with Crippen LogP contribution >= 0.6 is 0 Å². The molecule has 1 aromatic rings. The first-order valence-corrected chi connectivity index (χ1v) is 6.70. The van der Waals surface area contributed by atoms with Crippen molar-refractivity contribution in [2.45, 2.75) is 26.7 Å². The molecule has 0 aromatic heterocycles. The molecule has 0 saturated carbocycles. The first-order valence-electron chi connectivity index (χ1n) is 6.70. The van der Waals surface area contributed by atoms with Crippen LogP contribution in [0, 0.1) is 6.92 Å². The zero-order valence-corrected chi connectivity index (χ0v) is 11.6. The lowest BCUT2D eigenvalue weighted by Crippen LogP contribution is -2.41. The summed E-state index contributed by atoms with van der Waals surface area (Å²) in [6.07, 6.45) is 2.13. The number of anilines is 1. The Bertz CT molecular complexity index is 462. The van der Waals surface area contributed by atoms with Crippen LogP contribution in [0.15, 0.2) is 24.3 Å². The summed E-state index contributed by atoms with van der Waals surface area (Å²) in [5.41, 5.74) is 1.92. The second kappa shape index (κ2) is 5.87. The Morgan fingerprint density at radius 1 is 1.16 bits per heavy atom. The predicted molar refractivity (Wildman–Crippen MR) is 75.0 cm³/mol. The number of carbonyl (C=O) groups excluding carboxylic acids is 2. The van der Waals surface area contributed by atoms with E-state index in [9.17, 15) is 9.59 Å². The lowest BCUT2D eigenvalue weighted by molar-refractivity contribution is -0.130. The van der Waals surface area contributed by atoms with Crippen LogP contribution in [0.3, 0.4) is 0 Å². The summed E-state index contributed by atoms with van der Waals surface area (Å²) < 4.78 is 0. The smallest absolute Gasteiger partial charge is 0.242 e. The molecular formula is C15H20N2O2. The molecule has 1 aromatic carbocycles. The minimum atomic E-state index is -0.101. The summed E-state index contributed by atoms with van der Waals surface area (Å²) >= 11 is 0. The topological polar surface area (TPSA) is 40.6 Å². The zero-order valence-electron chi connectivity index (χ0n) is 11.6. The van der Waals surface area contributed by atoms with Gasteiger partial charge in [0.1, 0.15) is 6.54 Å². The van der Waals surface area contributed by atoms with E-state index in [0.29, 0.717) is 0 Å². The van der Waals surface area contributed by atoms with Gasteiger partial charge in [0.05, 0.1) is 0 Å². The molecule has 2 amide bonds. The van der Waals surface area contributed by atoms with Crippen molar-refractivity contribution in [3.63, 3.8) is 0 Å². The van der Waals surface area contributed by atoms with Crippen LogP contribution < -0.4 is 4.90 Å². The minimum absolute atomic E-state index is 0.0354. The number of carbonyl (C=O) groups is 2. The molecule has 0 unspecified atom stereocenters. The molecule has 102 valence electrons. The van der Waals surface area contributed by atoms with E-state index in [0.717, 1.165) is 37.2 Å². The van der Waals surface area contributed by atoms with Gasteiger partial charge in [-0.05, 0) is 31.9 Å². The maximum Gasteiger partial charge on any atom is 0.242 e. The van der Waals surface area contributed by atoms with Gasteiger partial charge in [0.25, 0.3) is 0 Å². The highest BCUT2D eigenvalue weighted by atomic mass is 16.2. The van der Waals surface area contributed by atoms with Gasteiger partial charge in [-0.1, -0.05) is 17.7 Å². The van der Waals surface area contributed by atoms with E-state index >= 15 is 0 Å². The average molecular weight is 260 g/mol. The van der Waals surface area contributed by atoms with Gasteiger partial charge in [0.2, 0.25) is 11.8 Å². The molecule has 0 atom stereocenters. The van der Waals surface area contributed by atoms with E-state index in [1.165, 1.54) is 6.92 Å². The molecule has 0 aliphatic carbocycles. The molecule has 2 rings (SSSR count). The summed E-state index contributed by atoms with van der Waals surface area (Å²) in [6, 6.07) is 7.67. The molecule has 4 heteroatoms. The van der Waals surface area contributed by atoms with Crippen molar-refractivity contribution >= 4 is 17.5 Å². The van der Waals surface area contributed by atoms with E-state index < -0.39 is 0 Å². The second-order valence-corrected chi connectivity index (χ2v) is 5.03. The SMILES string of the molecule is CC(=O)N(CC(=O)N1CCCC1)c1ccc(C)cc1. The van der Waals surface area contributed by atoms with Crippen molar-refractivity contribution in [3.8, 4) is 0 Å². The fraction of sp³-hybridized carbons (Fsp3) is 0.467. The highest BCUT2D eigenvalue weighted by Crippen LogP contribution is 2.16. The number of amides is 2. The summed E-state index contributed by atoms with van der Waals surface area (Å²) in [5, 5.41) is 0. The molecule has 0 radical (unpaired) electrons. The first kappa shape index (κ1) is 13.6. The Kier molecular flexibility index (Phi) is 4.20. The van der Waals surface area contributed by atoms with Crippen LogP contribution in [0.25, 0.3) is 0 Å². The quantitative estimate of drug-likeness (QED) is 0.833. The van der Waals surface area contributed by atoms with Crippen molar-refractivity contribution in [1.29, 1.82) is 0 Å². The van der Waals surface area contributed by atoms with Gasteiger partial charge in [0.15, 0.2) is 0 Å². The average Bonchev–Trinajstić information content (AvgIpc) is 2.90. The van der Waals surface area contributed by atoms with E-state index in [2.05, 4.69) is 0 Å². The van der Waals surface area contributed by atoms with Crippen molar-refractivity contribution < 1.29 is 9.59 Å². The summed E-state index contributed by atoms with van der Waals surface area (Å²) in [4.78, 5) is 27.2. The fourth-order valence-corrected chi connectivity index (χ4v) is 2.31. The van der Waals surface area contributed by atoms with E-state index in [4.69, 9.17) is 0 Å². The van der Waals surface area contributed by atoms with Gasteiger partial charge < -0.3 is 9.80 Å². The first-order chi connectivity index (χ1) is 9.08. The summed E-state index contributed by atoms with van der Waals surface area (Å²) in [5.74, 6) is -0.0651. The Morgan fingerprint density at radius 3 is 2.26 bits per heavy atom. The van der Waals surface area contributed by atoms with Gasteiger partial charge in [-0.25, -0.2) is 0 Å². The van der Waals surface area contributed by atoms with Crippen molar-refractivity contribution in [3.05, 3.63) is 29.8 Å². The van der Waals surface area contributed by atoms with Gasteiger partial charge in [-0.2, -0.15) is 0 Å². The van der Waals surface area contributed by atoms with Crippen molar-refractivity contribution in [2.75, 3.05) is 24.5 Å². The van der Waals surface area contributed by atoms with Crippen LogP contribution in [0.1, 0.15) is 25.3 Å². The van der Waals surface area contributed by atoms with Crippen LogP contribution in [0.4, 0.5) is 5.69 Å². The molecule has 0 bridgehead atoms. The lowest BCUT2D eigenvalue weighted by Gasteiger charge is -2.24. The highest BCUT2D eigenvalue weighted by molar-refractivity contribution is 5.97. The minimum Gasteiger partial charge on any atom is -0.341 e. The third-order valence-corrected chi connectivity index (χ3v) is 3.48. The molecule has 1 aliphatic rings. The monoisotopic (exact) mass is 260 g/mol. The molecule has 1 saturated heterocycles. The van der Waals surface area contributed by atoms with Gasteiger partial charge >= 0.3 is 0 Å².